The first-order valence-electron chi connectivity index (χ1n) is 5.79. The molecule has 4 nitrogen and oxygen atoms in total. The van der Waals surface area contributed by atoms with Crippen molar-refractivity contribution in [1.82, 2.24) is 9.97 Å². The summed E-state index contributed by atoms with van der Waals surface area (Å²) in [6.45, 7) is 0.0425. The van der Waals surface area contributed by atoms with Crippen LogP contribution in [0.2, 0.25) is 0 Å². The fraction of sp³-hybridized carbons (Fsp3) is 0.231. The van der Waals surface area contributed by atoms with Crippen molar-refractivity contribution in [2.24, 2.45) is 5.73 Å². The molecular formula is C13H12F3N3O. The van der Waals surface area contributed by atoms with Gasteiger partial charge < -0.3 is 10.5 Å². The third kappa shape index (κ3) is 3.24. The molecule has 2 heterocycles. The molecule has 0 saturated heterocycles. The van der Waals surface area contributed by atoms with E-state index in [0.717, 1.165) is 6.20 Å². The number of nitrogens with zero attached hydrogens (tertiary/aromatic N) is 2. The molecule has 2 N–H and O–H groups in total. The number of rotatable bonds is 4. The number of hydrogen-bond donors (Lipinski definition) is 1. The Balaban J connectivity index is 2.34. The molecule has 7 heteroatoms. The van der Waals surface area contributed by atoms with Crippen molar-refractivity contribution >= 4 is 0 Å². The third-order valence-corrected chi connectivity index (χ3v) is 2.58. The maximum Gasteiger partial charge on any atom is 0.429 e. The van der Waals surface area contributed by atoms with Gasteiger partial charge in [0.25, 0.3) is 0 Å². The van der Waals surface area contributed by atoms with Gasteiger partial charge in [-0.05, 0) is 12.1 Å². The van der Waals surface area contributed by atoms with Gasteiger partial charge in [0.2, 0.25) is 12.0 Å². The summed E-state index contributed by atoms with van der Waals surface area (Å²) in [5.41, 5.74) is 5.78. The van der Waals surface area contributed by atoms with E-state index in [-0.39, 0.29) is 18.0 Å². The largest absolute Gasteiger partial charge is 0.459 e. The summed E-state index contributed by atoms with van der Waals surface area (Å²) in [5.74, 6) is -0.124. The van der Waals surface area contributed by atoms with Crippen molar-refractivity contribution in [2.45, 2.75) is 18.8 Å². The van der Waals surface area contributed by atoms with E-state index in [0.29, 0.717) is 5.56 Å². The first-order valence-corrected chi connectivity index (χ1v) is 5.79. The van der Waals surface area contributed by atoms with Gasteiger partial charge in [0.1, 0.15) is 0 Å². The predicted octanol–water partition coefficient (Wildman–Crippen LogP) is 2.62. The van der Waals surface area contributed by atoms with E-state index in [1.165, 1.54) is 24.5 Å². The van der Waals surface area contributed by atoms with Gasteiger partial charge in [0.05, 0.1) is 0 Å². The van der Waals surface area contributed by atoms with Crippen LogP contribution in [0.15, 0.2) is 42.9 Å². The lowest BCUT2D eigenvalue weighted by Crippen LogP contribution is -2.27. The summed E-state index contributed by atoms with van der Waals surface area (Å²) < 4.78 is 44.4. The Hall–Kier alpha value is -2.15. The normalized spacial score (nSPS) is 13.0. The molecule has 1 unspecified atom stereocenters. The summed E-state index contributed by atoms with van der Waals surface area (Å²) in [6.07, 6.45) is -2.85. The Morgan fingerprint density at radius 3 is 2.55 bits per heavy atom. The minimum atomic E-state index is -4.58. The van der Waals surface area contributed by atoms with E-state index in [1.807, 2.05) is 0 Å². The van der Waals surface area contributed by atoms with E-state index < -0.39 is 12.3 Å². The van der Waals surface area contributed by atoms with Crippen LogP contribution in [-0.2, 0) is 6.54 Å². The number of nitrogens with two attached hydrogens (primary N) is 1. The van der Waals surface area contributed by atoms with Gasteiger partial charge in [-0.1, -0.05) is 12.1 Å². The second kappa shape index (κ2) is 5.87. The summed E-state index contributed by atoms with van der Waals surface area (Å²) in [6, 6.07) is 5.87. The smallest absolute Gasteiger partial charge is 0.429 e. The highest BCUT2D eigenvalue weighted by atomic mass is 19.4. The lowest BCUT2D eigenvalue weighted by Gasteiger charge is -2.22. The zero-order valence-corrected chi connectivity index (χ0v) is 10.3. The molecule has 20 heavy (non-hydrogen) atoms. The van der Waals surface area contributed by atoms with E-state index >= 15 is 0 Å². The maximum absolute atomic E-state index is 13.1. The molecule has 1 atom stereocenters. The molecule has 0 aliphatic heterocycles. The minimum absolute atomic E-state index is 0.0425. The highest BCUT2D eigenvalue weighted by Gasteiger charge is 2.43. The fourth-order valence-electron chi connectivity index (χ4n) is 1.65. The molecule has 0 aliphatic carbocycles. The minimum Gasteiger partial charge on any atom is -0.459 e. The average molecular weight is 283 g/mol. The monoisotopic (exact) mass is 283 g/mol. The number of halogens is 3. The number of alkyl halides is 3. The first-order chi connectivity index (χ1) is 9.52. The van der Waals surface area contributed by atoms with Crippen LogP contribution in [0.5, 0.6) is 5.88 Å². The molecule has 2 aromatic rings. The highest BCUT2D eigenvalue weighted by molar-refractivity contribution is 5.27. The number of hydrogen-bond acceptors (Lipinski definition) is 4. The van der Waals surface area contributed by atoms with Gasteiger partial charge in [0.15, 0.2) is 0 Å². The van der Waals surface area contributed by atoms with Gasteiger partial charge in [-0.25, -0.2) is 4.98 Å². The van der Waals surface area contributed by atoms with Gasteiger partial charge in [-0.15, -0.1) is 0 Å². The van der Waals surface area contributed by atoms with Gasteiger partial charge in [-0.2, -0.15) is 13.2 Å². The lowest BCUT2D eigenvalue weighted by molar-refractivity contribution is -0.198. The van der Waals surface area contributed by atoms with Crippen LogP contribution in [0.25, 0.3) is 0 Å². The van der Waals surface area contributed by atoms with Crippen molar-refractivity contribution in [2.75, 3.05) is 0 Å². The molecule has 0 saturated carbocycles. The van der Waals surface area contributed by atoms with E-state index in [4.69, 9.17) is 10.5 Å². The molecule has 2 aromatic heterocycles. The van der Waals surface area contributed by atoms with Crippen LogP contribution in [0.4, 0.5) is 13.2 Å². The standard InChI is InChI=1S/C13H12F3N3O/c14-13(15,16)11(10-4-1-5-18-8-10)20-12-9(7-17)3-2-6-19-12/h1-6,8,11H,7,17H2. The Morgan fingerprint density at radius 1 is 1.20 bits per heavy atom. The number of ether oxygens (including phenoxy) is 1. The highest BCUT2D eigenvalue weighted by Crippen LogP contribution is 2.36. The number of pyridine rings is 2. The Bertz CT molecular complexity index is 560. The summed E-state index contributed by atoms with van der Waals surface area (Å²) in [4.78, 5) is 7.48. The molecule has 0 aromatic carbocycles. The molecule has 0 bridgehead atoms. The average Bonchev–Trinajstić information content (AvgIpc) is 2.45. The molecular weight excluding hydrogens is 271 g/mol. The van der Waals surface area contributed by atoms with Crippen LogP contribution >= 0.6 is 0 Å². The molecule has 0 aliphatic rings. The van der Waals surface area contributed by atoms with Crippen molar-refractivity contribution in [3.63, 3.8) is 0 Å². The second-order valence-electron chi connectivity index (χ2n) is 4.00. The van der Waals surface area contributed by atoms with Crippen LogP contribution in [0.3, 0.4) is 0 Å². The van der Waals surface area contributed by atoms with Crippen molar-refractivity contribution in [3.8, 4) is 5.88 Å². The molecule has 0 fully saturated rings. The van der Waals surface area contributed by atoms with Crippen molar-refractivity contribution in [3.05, 3.63) is 54.0 Å². The molecule has 2 rings (SSSR count). The quantitative estimate of drug-likeness (QED) is 0.937. The Kier molecular flexibility index (Phi) is 4.19. The van der Waals surface area contributed by atoms with Crippen LogP contribution < -0.4 is 10.5 Å². The maximum atomic E-state index is 13.1. The topological polar surface area (TPSA) is 61.0 Å². The molecule has 0 amide bonds. The lowest BCUT2D eigenvalue weighted by atomic mass is 10.1. The first kappa shape index (κ1) is 14.3. The van der Waals surface area contributed by atoms with Crippen LogP contribution in [-0.4, -0.2) is 16.1 Å². The number of aromatic nitrogens is 2. The van der Waals surface area contributed by atoms with E-state index in [2.05, 4.69) is 9.97 Å². The fourth-order valence-corrected chi connectivity index (χ4v) is 1.65. The van der Waals surface area contributed by atoms with Crippen LogP contribution in [0.1, 0.15) is 17.2 Å². The molecule has 0 spiro atoms. The zero-order valence-electron chi connectivity index (χ0n) is 10.3. The zero-order chi connectivity index (χ0) is 14.6. The Labute approximate surface area is 113 Å². The van der Waals surface area contributed by atoms with Crippen molar-refractivity contribution < 1.29 is 17.9 Å². The van der Waals surface area contributed by atoms with Crippen LogP contribution in [0, 0.1) is 0 Å². The van der Waals surface area contributed by atoms with Crippen molar-refractivity contribution in [1.29, 1.82) is 0 Å². The summed E-state index contributed by atoms with van der Waals surface area (Å²) in [7, 11) is 0. The van der Waals surface area contributed by atoms with Gasteiger partial charge in [-0.3, -0.25) is 4.98 Å². The second-order valence-corrected chi connectivity index (χ2v) is 4.00. The molecule has 106 valence electrons. The SMILES string of the molecule is NCc1cccnc1OC(c1cccnc1)C(F)(F)F. The van der Waals surface area contributed by atoms with Gasteiger partial charge >= 0.3 is 6.18 Å². The Morgan fingerprint density at radius 2 is 1.95 bits per heavy atom. The van der Waals surface area contributed by atoms with E-state index in [9.17, 15) is 13.2 Å². The summed E-state index contributed by atoms with van der Waals surface area (Å²) >= 11 is 0. The van der Waals surface area contributed by atoms with E-state index in [1.54, 1.807) is 12.1 Å². The third-order valence-electron chi connectivity index (χ3n) is 2.58. The summed E-state index contributed by atoms with van der Waals surface area (Å²) in [5, 5.41) is 0. The van der Waals surface area contributed by atoms with Gasteiger partial charge in [0, 0.05) is 36.3 Å². The predicted molar refractivity (Wildman–Crippen MR) is 65.8 cm³/mol. The molecule has 0 radical (unpaired) electrons.